The van der Waals surface area contributed by atoms with Gasteiger partial charge in [-0.25, -0.2) is 12.8 Å². The van der Waals surface area contributed by atoms with Gasteiger partial charge in [0.25, 0.3) is 10.0 Å². The molecule has 2 rings (SSSR count). The van der Waals surface area contributed by atoms with E-state index < -0.39 is 15.8 Å². The Hall–Kier alpha value is -1.60. The van der Waals surface area contributed by atoms with E-state index in [1.54, 1.807) is 12.1 Å². The maximum Gasteiger partial charge on any atom is 0.266 e. The highest BCUT2D eigenvalue weighted by atomic mass is 79.9. The second-order valence-electron chi connectivity index (χ2n) is 4.56. The number of nitrogen functional groups attached to an aromatic ring is 1. The number of para-hydroxylation sites is 1. The van der Waals surface area contributed by atoms with Gasteiger partial charge in [0.2, 0.25) is 0 Å². The van der Waals surface area contributed by atoms with Gasteiger partial charge in [-0.1, -0.05) is 18.2 Å². The van der Waals surface area contributed by atoms with Gasteiger partial charge in [0.1, 0.15) is 10.7 Å². The summed E-state index contributed by atoms with van der Waals surface area (Å²) < 4.78 is 39.9. The predicted molar refractivity (Wildman–Crippen MR) is 85.3 cm³/mol. The molecule has 2 aromatic rings. The standard InChI is InChI=1S/C14H14BrFN2O2S/c1-9-5-3-4-6-13(9)18(2)21(19,20)14-7-10(15)11(16)8-12(14)17/h3-8H,17H2,1-2H3. The molecule has 0 spiro atoms. The number of nitrogens with two attached hydrogens (primary N) is 1. The van der Waals surface area contributed by atoms with Crippen molar-refractivity contribution in [1.82, 2.24) is 0 Å². The Kier molecular flexibility index (Phi) is 4.25. The van der Waals surface area contributed by atoms with Crippen molar-refractivity contribution >= 4 is 37.3 Å². The molecule has 0 aliphatic carbocycles. The number of halogens is 2. The number of aryl methyl sites for hydroxylation is 1. The molecule has 0 bridgehead atoms. The van der Waals surface area contributed by atoms with Gasteiger partial charge in [0, 0.05) is 7.05 Å². The van der Waals surface area contributed by atoms with Crippen LogP contribution in [0.4, 0.5) is 15.8 Å². The maximum absolute atomic E-state index is 13.4. The molecule has 21 heavy (non-hydrogen) atoms. The zero-order valence-electron chi connectivity index (χ0n) is 11.5. The fourth-order valence-corrected chi connectivity index (χ4v) is 3.84. The summed E-state index contributed by atoms with van der Waals surface area (Å²) in [6, 6.07) is 9.24. The van der Waals surface area contributed by atoms with Crippen LogP contribution in [0, 0.1) is 12.7 Å². The fourth-order valence-electron chi connectivity index (χ4n) is 1.96. The van der Waals surface area contributed by atoms with E-state index in [9.17, 15) is 12.8 Å². The zero-order chi connectivity index (χ0) is 15.8. The van der Waals surface area contributed by atoms with Gasteiger partial charge in [-0.05, 0) is 46.6 Å². The molecule has 2 aromatic carbocycles. The summed E-state index contributed by atoms with van der Waals surface area (Å²) in [5, 5.41) is 0. The number of sulfonamides is 1. The van der Waals surface area contributed by atoms with E-state index >= 15 is 0 Å². The second-order valence-corrected chi connectivity index (χ2v) is 7.36. The van der Waals surface area contributed by atoms with Crippen molar-refractivity contribution in [1.29, 1.82) is 0 Å². The summed E-state index contributed by atoms with van der Waals surface area (Å²) in [5.41, 5.74) is 6.88. The Morgan fingerprint density at radius 1 is 1.24 bits per heavy atom. The predicted octanol–water partition coefficient (Wildman–Crippen LogP) is 3.30. The smallest absolute Gasteiger partial charge is 0.266 e. The van der Waals surface area contributed by atoms with E-state index in [2.05, 4.69) is 15.9 Å². The molecule has 2 N–H and O–H groups in total. The molecule has 0 saturated carbocycles. The molecule has 0 fully saturated rings. The van der Waals surface area contributed by atoms with E-state index in [1.807, 2.05) is 19.1 Å². The van der Waals surface area contributed by atoms with Gasteiger partial charge in [0.05, 0.1) is 15.8 Å². The van der Waals surface area contributed by atoms with E-state index in [-0.39, 0.29) is 15.1 Å². The minimum Gasteiger partial charge on any atom is -0.398 e. The molecule has 0 unspecified atom stereocenters. The summed E-state index contributed by atoms with van der Waals surface area (Å²) in [4.78, 5) is -0.137. The lowest BCUT2D eigenvalue weighted by molar-refractivity contribution is 0.593. The number of benzene rings is 2. The molecule has 0 aliphatic heterocycles. The summed E-state index contributed by atoms with van der Waals surface area (Å²) in [7, 11) is -2.43. The number of anilines is 2. The van der Waals surface area contributed by atoms with Crippen molar-refractivity contribution < 1.29 is 12.8 Å². The van der Waals surface area contributed by atoms with Gasteiger partial charge in [0.15, 0.2) is 0 Å². The average Bonchev–Trinajstić information content (AvgIpc) is 2.42. The summed E-state index contributed by atoms with van der Waals surface area (Å²) in [6.07, 6.45) is 0. The van der Waals surface area contributed by atoms with Crippen LogP contribution in [0.25, 0.3) is 0 Å². The maximum atomic E-state index is 13.4. The van der Waals surface area contributed by atoms with Crippen LogP contribution in [0.15, 0.2) is 45.8 Å². The van der Waals surface area contributed by atoms with Crippen molar-refractivity contribution in [2.45, 2.75) is 11.8 Å². The highest BCUT2D eigenvalue weighted by Gasteiger charge is 2.25. The number of hydrogen-bond donors (Lipinski definition) is 1. The highest BCUT2D eigenvalue weighted by Crippen LogP contribution is 2.31. The summed E-state index contributed by atoms with van der Waals surface area (Å²) in [6.45, 7) is 1.81. The molecule has 4 nitrogen and oxygen atoms in total. The quantitative estimate of drug-likeness (QED) is 0.840. The van der Waals surface area contributed by atoms with E-state index in [0.717, 1.165) is 15.9 Å². The molecule has 0 heterocycles. The normalized spacial score (nSPS) is 11.4. The molecular formula is C14H14BrFN2O2S. The van der Waals surface area contributed by atoms with Gasteiger partial charge >= 0.3 is 0 Å². The van der Waals surface area contributed by atoms with Crippen LogP contribution in [0.1, 0.15) is 5.56 Å². The SMILES string of the molecule is Cc1ccccc1N(C)S(=O)(=O)c1cc(Br)c(F)cc1N. The Labute approximate surface area is 131 Å². The molecular weight excluding hydrogens is 359 g/mol. The first-order valence-electron chi connectivity index (χ1n) is 6.04. The van der Waals surface area contributed by atoms with E-state index in [4.69, 9.17) is 5.73 Å². The first-order valence-corrected chi connectivity index (χ1v) is 8.27. The number of nitrogens with zero attached hydrogens (tertiary/aromatic N) is 1. The van der Waals surface area contributed by atoms with Crippen LogP contribution in [0.5, 0.6) is 0 Å². The number of rotatable bonds is 3. The third-order valence-electron chi connectivity index (χ3n) is 3.15. The van der Waals surface area contributed by atoms with Crippen molar-refractivity contribution in [3.63, 3.8) is 0 Å². The minimum atomic E-state index is -3.87. The van der Waals surface area contributed by atoms with Crippen molar-refractivity contribution in [2.24, 2.45) is 0 Å². The Balaban J connectivity index is 2.58. The highest BCUT2D eigenvalue weighted by molar-refractivity contribution is 9.10. The Morgan fingerprint density at radius 3 is 2.48 bits per heavy atom. The average molecular weight is 373 g/mol. The van der Waals surface area contributed by atoms with E-state index in [0.29, 0.717) is 5.69 Å². The van der Waals surface area contributed by atoms with Crippen LogP contribution in [0.3, 0.4) is 0 Å². The monoisotopic (exact) mass is 372 g/mol. The van der Waals surface area contributed by atoms with Gasteiger partial charge < -0.3 is 5.73 Å². The summed E-state index contributed by atoms with van der Waals surface area (Å²) >= 11 is 2.98. The van der Waals surface area contributed by atoms with Gasteiger partial charge in [-0.3, -0.25) is 4.31 Å². The van der Waals surface area contributed by atoms with Crippen LogP contribution < -0.4 is 10.0 Å². The lowest BCUT2D eigenvalue weighted by Gasteiger charge is -2.22. The van der Waals surface area contributed by atoms with Crippen LogP contribution in [0.2, 0.25) is 0 Å². The van der Waals surface area contributed by atoms with Crippen LogP contribution in [-0.4, -0.2) is 15.5 Å². The largest absolute Gasteiger partial charge is 0.398 e. The minimum absolute atomic E-state index is 0.0495. The first-order chi connectivity index (χ1) is 9.75. The van der Waals surface area contributed by atoms with Gasteiger partial charge in [-0.2, -0.15) is 0 Å². The van der Waals surface area contributed by atoms with Crippen LogP contribution in [-0.2, 0) is 10.0 Å². The molecule has 0 aromatic heterocycles. The second kappa shape index (κ2) is 5.65. The van der Waals surface area contributed by atoms with Crippen molar-refractivity contribution in [2.75, 3.05) is 17.1 Å². The lowest BCUT2D eigenvalue weighted by Crippen LogP contribution is -2.28. The topological polar surface area (TPSA) is 63.4 Å². The fraction of sp³-hybridized carbons (Fsp3) is 0.143. The third kappa shape index (κ3) is 2.89. The zero-order valence-corrected chi connectivity index (χ0v) is 13.9. The van der Waals surface area contributed by atoms with Gasteiger partial charge in [-0.15, -0.1) is 0 Å². The van der Waals surface area contributed by atoms with Crippen LogP contribution >= 0.6 is 15.9 Å². The molecule has 7 heteroatoms. The summed E-state index contributed by atoms with van der Waals surface area (Å²) in [5.74, 6) is -0.606. The third-order valence-corrected chi connectivity index (χ3v) is 5.58. The van der Waals surface area contributed by atoms with E-state index in [1.165, 1.54) is 13.1 Å². The van der Waals surface area contributed by atoms with Crippen molar-refractivity contribution in [3.8, 4) is 0 Å². The first kappa shape index (κ1) is 15.8. The molecule has 0 radical (unpaired) electrons. The molecule has 112 valence electrons. The molecule has 0 aliphatic rings. The Morgan fingerprint density at radius 2 is 1.86 bits per heavy atom. The molecule has 0 saturated heterocycles. The van der Waals surface area contributed by atoms with Crippen molar-refractivity contribution in [3.05, 3.63) is 52.3 Å². The molecule has 0 amide bonds. The molecule has 0 atom stereocenters. The number of hydrogen-bond acceptors (Lipinski definition) is 3. The Bertz CT molecular complexity index is 794. The lowest BCUT2D eigenvalue weighted by atomic mass is 10.2.